The maximum absolute atomic E-state index is 12.5. The largest absolute Gasteiger partial charge is 0.354 e. The molecule has 0 radical (unpaired) electrons. The molecule has 0 amide bonds. The van der Waals surface area contributed by atoms with E-state index in [1.807, 2.05) is 0 Å². The number of aromatic nitrogens is 2. The Morgan fingerprint density at radius 3 is 2.67 bits per heavy atom. The van der Waals surface area contributed by atoms with Crippen molar-refractivity contribution in [2.45, 2.75) is 19.8 Å². The maximum Gasteiger partial charge on any atom is 0.222 e. The third kappa shape index (κ3) is 4.20. The van der Waals surface area contributed by atoms with Crippen LogP contribution in [0.5, 0.6) is 0 Å². The van der Waals surface area contributed by atoms with Crippen LogP contribution in [0.1, 0.15) is 19.8 Å². The molecule has 0 aliphatic carbocycles. The maximum atomic E-state index is 12.5. The highest BCUT2D eigenvalue weighted by atomic mass is 19.1. The minimum atomic E-state index is -0.422. The van der Waals surface area contributed by atoms with Gasteiger partial charge in [0, 0.05) is 6.54 Å². The molecule has 0 bridgehead atoms. The third-order valence-electron chi connectivity index (χ3n) is 2.32. The fourth-order valence-corrected chi connectivity index (χ4v) is 1.33. The van der Waals surface area contributed by atoms with E-state index < -0.39 is 5.82 Å². The lowest BCUT2D eigenvalue weighted by Gasteiger charge is -2.14. The van der Waals surface area contributed by atoms with Crippen molar-refractivity contribution in [2.75, 3.05) is 18.4 Å². The Bertz CT molecular complexity index is 275. The average molecular weight is 212 g/mol. The van der Waals surface area contributed by atoms with Gasteiger partial charge in [-0.15, -0.1) is 0 Å². The standard InChI is InChI=1S/C10H17FN4/c1-2-8(3-4-12)5-13-10-14-6-9(11)7-15-10/h6-8H,2-5,12H2,1H3,(H,13,14,15). The Balaban J connectivity index is 2.38. The van der Waals surface area contributed by atoms with Crippen LogP contribution in [0.2, 0.25) is 0 Å². The highest BCUT2D eigenvalue weighted by Gasteiger charge is 2.05. The number of nitrogens with two attached hydrogens (primary N) is 1. The fourth-order valence-electron chi connectivity index (χ4n) is 1.33. The molecular formula is C10H17FN4. The van der Waals surface area contributed by atoms with Crippen molar-refractivity contribution in [1.82, 2.24) is 9.97 Å². The van der Waals surface area contributed by atoms with E-state index in [0.29, 0.717) is 18.4 Å². The minimum absolute atomic E-state index is 0.422. The van der Waals surface area contributed by atoms with Crippen LogP contribution < -0.4 is 11.1 Å². The molecule has 0 aliphatic rings. The monoisotopic (exact) mass is 212 g/mol. The van der Waals surface area contributed by atoms with E-state index >= 15 is 0 Å². The van der Waals surface area contributed by atoms with E-state index in [1.165, 1.54) is 0 Å². The van der Waals surface area contributed by atoms with Crippen LogP contribution in [-0.2, 0) is 0 Å². The second-order valence-electron chi connectivity index (χ2n) is 3.46. The lowest BCUT2D eigenvalue weighted by molar-refractivity contribution is 0.500. The van der Waals surface area contributed by atoms with Crippen molar-refractivity contribution in [2.24, 2.45) is 11.7 Å². The Labute approximate surface area is 89.1 Å². The van der Waals surface area contributed by atoms with Crippen molar-refractivity contribution < 1.29 is 4.39 Å². The SMILES string of the molecule is CCC(CCN)CNc1ncc(F)cn1. The molecule has 0 saturated heterocycles. The van der Waals surface area contributed by atoms with Crippen LogP contribution in [-0.4, -0.2) is 23.1 Å². The molecule has 0 fully saturated rings. The van der Waals surface area contributed by atoms with Gasteiger partial charge in [0.2, 0.25) is 5.95 Å². The first-order valence-corrected chi connectivity index (χ1v) is 5.17. The molecule has 1 aromatic heterocycles. The molecule has 0 aromatic carbocycles. The highest BCUT2D eigenvalue weighted by Crippen LogP contribution is 2.08. The number of hydrogen-bond donors (Lipinski definition) is 2. The Hall–Kier alpha value is -1.23. The second-order valence-corrected chi connectivity index (χ2v) is 3.46. The van der Waals surface area contributed by atoms with Crippen molar-refractivity contribution in [1.29, 1.82) is 0 Å². The summed E-state index contributed by atoms with van der Waals surface area (Å²) < 4.78 is 12.5. The molecule has 15 heavy (non-hydrogen) atoms. The number of nitrogens with one attached hydrogen (secondary N) is 1. The van der Waals surface area contributed by atoms with E-state index in [2.05, 4.69) is 22.2 Å². The molecule has 1 rings (SSSR count). The number of hydrogen-bond acceptors (Lipinski definition) is 4. The molecule has 4 nitrogen and oxygen atoms in total. The van der Waals surface area contributed by atoms with Crippen LogP contribution in [0.3, 0.4) is 0 Å². The lowest BCUT2D eigenvalue weighted by Crippen LogP contribution is -2.18. The molecule has 0 saturated carbocycles. The van der Waals surface area contributed by atoms with Crippen molar-refractivity contribution >= 4 is 5.95 Å². The molecule has 1 aromatic rings. The van der Waals surface area contributed by atoms with Gasteiger partial charge in [-0.2, -0.15) is 0 Å². The molecule has 1 unspecified atom stereocenters. The third-order valence-corrected chi connectivity index (χ3v) is 2.32. The molecule has 1 atom stereocenters. The van der Waals surface area contributed by atoms with Gasteiger partial charge in [0.25, 0.3) is 0 Å². The number of rotatable bonds is 6. The van der Waals surface area contributed by atoms with E-state index in [0.717, 1.165) is 31.8 Å². The second kappa shape index (κ2) is 6.29. The molecule has 5 heteroatoms. The average Bonchev–Trinajstić information content (AvgIpc) is 2.26. The summed E-state index contributed by atoms with van der Waals surface area (Å²) in [6.07, 6.45) is 4.34. The Morgan fingerprint density at radius 2 is 2.13 bits per heavy atom. The van der Waals surface area contributed by atoms with Crippen LogP contribution in [0, 0.1) is 11.7 Å². The quantitative estimate of drug-likeness (QED) is 0.748. The van der Waals surface area contributed by atoms with Crippen LogP contribution in [0.4, 0.5) is 10.3 Å². The summed E-state index contributed by atoms with van der Waals surface area (Å²) in [7, 11) is 0. The summed E-state index contributed by atoms with van der Waals surface area (Å²) >= 11 is 0. The zero-order chi connectivity index (χ0) is 11.1. The van der Waals surface area contributed by atoms with Gasteiger partial charge in [-0.25, -0.2) is 14.4 Å². The molecular weight excluding hydrogens is 195 g/mol. The Morgan fingerprint density at radius 1 is 1.47 bits per heavy atom. The first-order valence-electron chi connectivity index (χ1n) is 5.17. The van der Waals surface area contributed by atoms with Crippen LogP contribution in [0.25, 0.3) is 0 Å². The van der Waals surface area contributed by atoms with Gasteiger partial charge in [-0.1, -0.05) is 13.3 Å². The van der Waals surface area contributed by atoms with E-state index in [-0.39, 0.29) is 0 Å². The van der Waals surface area contributed by atoms with E-state index in [9.17, 15) is 4.39 Å². The topological polar surface area (TPSA) is 63.8 Å². The minimum Gasteiger partial charge on any atom is -0.354 e. The normalized spacial score (nSPS) is 12.5. The summed E-state index contributed by atoms with van der Waals surface area (Å²) in [5.41, 5.74) is 5.49. The molecule has 0 spiro atoms. The summed E-state index contributed by atoms with van der Waals surface area (Å²) in [6, 6.07) is 0. The van der Waals surface area contributed by atoms with Crippen molar-refractivity contribution in [3.8, 4) is 0 Å². The summed E-state index contributed by atoms with van der Waals surface area (Å²) in [4.78, 5) is 7.63. The molecule has 1 heterocycles. The zero-order valence-corrected chi connectivity index (χ0v) is 8.91. The smallest absolute Gasteiger partial charge is 0.222 e. The number of anilines is 1. The summed E-state index contributed by atoms with van der Waals surface area (Å²) in [5.74, 6) is 0.560. The highest BCUT2D eigenvalue weighted by molar-refractivity contribution is 5.22. The predicted octanol–water partition coefficient (Wildman–Crippen LogP) is 1.40. The first kappa shape index (κ1) is 11.8. The molecule has 0 aliphatic heterocycles. The summed E-state index contributed by atoms with van der Waals surface area (Å²) in [6.45, 7) is 3.58. The summed E-state index contributed by atoms with van der Waals surface area (Å²) in [5, 5.41) is 3.06. The van der Waals surface area contributed by atoms with E-state index in [1.54, 1.807) is 0 Å². The van der Waals surface area contributed by atoms with Crippen LogP contribution >= 0.6 is 0 Å². The van der Waals surface area contributed by atoms with Gasteiger partial charge in [0.15, 0.2) is 5.82 Å². The van der Waals surface area contributed by atoms with Crippen molar-refractivity contribution in [3.63, 3.8) is 0 Å². The van der Waals surface area contributed by atoms with Gasteiger partial charge in [-0.3, -0.25) is 0 Å². The predicted molar refractivity (Wildman–Crippen MR) is 57.9 cm³/mol. The van der Waals surface area contributed by atoms with Crippen LogP contribution in [0.15, 0.2) is 12.4 Å². The molecule has 3 N–H and O–H groups in total. The van der Waals surface area contributed by atoms with Gasteiger partial charge in [-0.05, 0) is 18.9 Å². The van der Waals surface area contributed by atoms with Gasteiger partial charge in [0.1, 0.15) is 0 Å². The lowest BCUT2D eigenvalue weighted by atomic mass is 10.0. The van der Waals surface area contributed by atoms with E-state index in [4.69, 9.17) is 5.73 Å². The van der Waals surface area contributed by atoms with Gasteiger partial charge in [0.05, 0.1) is 12.4 Å². The van der Waals surface area contributed by atoms with Gasteiger partial charge < -0.3 is 11.1 Å². The first-order chi connectivity index (χ1) is 7.26. The van der Waals surface area contributed by atoms with Gasteiger partial charge >= 0.3 is 0 Å². The number of nitrogens with zero attached hydrogens (tertiary/aromatic N) is 2. The van der Waals surface area contributed by atoms with Crippen molar-refractivity contribution in [3.05, 3.63) is 18.2 Å². The molecule has 84 valence electrons. The Kier molecular flexibility index (Phi) is 4.97. The zero-order valence-electron chi connectivity index (χ0n) is 8.91. The fraction of sp³-hybridized carbons (Fsp3) is 0.600. The number of halogens is 1.